The van der Waals surface area contributed by atoms with Gasteiger partial charge >= 0.3 is 0 Å². The summed E-state index contributed by atoms with van der Waals surface area (Å²) in [6.07, 6.45) is 26.1. The summed E-state index contributed by atoms with van der Waals surface area (Å²) in [4.78, 5) is 0. The topological polar surface area (TPSA) is 9.23 Å². The minimum atomic E-state index is -1.50. The molecule has 2 atom stereocenters. The summed E-state index contributed by atoms with van der Waals surface area (Å²) >= 11 is 0. The van der Waals surface area contributed by atoms with Crippen LogP contribution in [0.4, 0.5) is 0 Å². The number of hydrogen-bond acceptors (Lipinski definition) is 1. The van der Waals surface area contributed by atoms with Crippen LogP contribution in [0.5, 0.6) is 0 Å². The molecule has 3 heteroatoms. The fraction of sp³-hybridized carbons (Fsp3) is 0.875. The van der Waals surface area contributed by atoms with E-state index in [-0.39, 0.29) is 0 Å². The summed E-state index contributed by atoms with van der Waals surface area (Å²) in [6, 6.07) is 1.51. The monoisotopic (exact) mass is 520 g/mol. The third-order valence-electron chi connectivity index (χ3n) is 9.62. The lowest BCUT2D eigenvalue weighted by atomic mass is 10.0. The van der Waals surface area contributed by atoms with Crippen molar-refractivity contribution in [3.05, 3.63) is 24.3 Å². The van der Waals surface area contributed by atoms with Crippen LogP contribution in [0, 0.1) is 11.8 Å². The summed E-state index contributed by atoms with van der Waals surface area (Å²) in [5, 5.41) is 0.919. The molecule has 0 saturated heterocycles. The van der Waals surface area contributed by atoms with Gasteiger partial charge in [-0.15, -0.1) is 0 Å². The van der Waals surface area contributed by atoms with Gasteiger partial charge in [0.2, 0.25) is 0 Å². The fourth-order valence-corrected chi connectivity index (χ4v) is 7.60. The van der Waals surface area contributed by atoms with Crippen LogP contribution in [0.1, 0.15) is 119 Å². The molecule has 0 N–H and O–H groups in total. The predicted molar refractivity (Wildman–Crippen MR) is 166 cm³/mol. The molecule has 0 radical (unpaired) electrons. The number of allylic oxidation sites excluding steroid dienone is 4. The Labute approximate surface area is 224 Å². The Balaban J connectivity index is 0.000000351. The molecule has 2 aliphatic carbocycles. The predicted octanol–water partition coefficient (Wildman–Crippen LogP) is 11.6. The molecule has 0 fully saturated rings. The average molecular weight is 521 g/mol. The number of hydrogen-bond donors (Lipinski definition) is 0. The van der Waals surface area contributed by atoms with Crippen LogP contribution in [-0.4, -0.2) is 23.0 Å². The standard InChI is InChI=1S/C16H32OSi.C16H32Si/c1-16(2,3)18(4,5)17-14-10-6-7-11-15-12-8-9-13-15;1-16(2,3)17(4,5)14-10-6-7-11-15-12-8-9-13-15/h8,12,15H,6-7,9-11,13-14H2,1-5H3;8,12,15H,6-7,9-11,13-14H2,1-5H3. The zero-order chi connectivity index (χ0) is 26.6. The van der Waals surface area contributed by atoms with Gasteiger partial charge in [-0.1, -0.05) is 117 Å². The normalized spacial score (nSPS) is 20.9. The van der Waals surface area contributed by atoms with Crippen molar-refractivity contribution < 1.29 is 4.43 Å². The van der Waals surface area contributed by atoms with Crippen LogP contribution in [-0.2, 0) is 4.43 Å². The maximum Gasteiger partial charge on any atom is 0.191 e. The first kappa shape index (κ1) is 32.9. The van der Waals surface area contributed by atoms with Crippen LogP contribution < -0.4 is 0 Å². The quantitative estimate of drug-likeness (QED) is 0.133. The highest BCUT2D eigenvalue weighted by Crippen LogP contribution is 2.40. The van der Waals surface area contributed by atoms with Crippen LogP contribution >= 0.6 is 0 Å². The van der Waals surface area contributed by atoms with Gasteiger partial charge in [0.15, 0.2) is 8.32 Å². The van der Waals surface area contributed by atoms with E-state index >= 15 is 0 Å². The SMILES string of the molecule is CC(C)(C)[Si](C)(C)CCCCCC1C=CCC1.CC(C)(C)[Si](C)(C)OCCCCCC1C=CCC1. The summed E-state index contributed by atoms with van der Waals surface area (Å²) in [7, 11) is -2.50. The van der Waals surface area contributed by atoms with Crippen molar-refractivity contribution >= 4 is 16.4 Å². The molecule has 206 valence electrons. The zero-order valence-corrected chi connectivity index (χ0v) is 27.8. The third-order valence-corrected chi connectivity index (χ3v) is 19.8. The minimum absolute atomic E-state index is 0.349. The van der Waals surface area contributed by atoms with Gasteiger partial charge in [-0.25, -0.2) is 0 Å². The van der Waals surface area contributed by atoms with E-state index in [1.807, 2.05) is 0 Å². The molecule has 0 saturated carbocycles. The second-order valence-corrected chi connectivity index (χ2v) is 25.3. The molecule has 0 amide bonds. The highest BCUT2D eigenvalue weighted by atomic mass is 28.4. The highest BCUT2D eigenvalue weighted by molar-refractivity contribution is 6.80. The first-order chi connectivity index (χ1) is 16.2. The third kappa shape index (κ3) is 13.3. The summed E-state index contributed by atoms with van der Waals surface area (Å²) in [6.45, 7) is 25.0. The summed E-state index contributed by atoms with van der Waals surface area (Å²) in [5.41, 5.74) is 0. The minimum Gasteiger partial charge on any atom is -0.417 e. The van der Waals surface area contributed by atoms with E-state index in [0.717, 1.165) is 18.4 Å². The maximum atomic E-state index is 6.19. The molecule has 2 unspecified atom stereocenters. The fourth-order valence-electron chi connectivity index (χ4n) is 4.63. The van der Waals surface area contributed by atoms with E-state index in [1.165, 1.54) is 83.1 Å². The maximum absolute atomic E-state index is 6.19. The molecule has 0 aromatic heterocycles. The average Bonchev–Trinajstić information content (AvgIpc) is 3.43. The Kier molecular flexibility index (Phi) is 14.4. The molecular formula is C32H64OSi2. The van der Waals surface area contributed by atoms with Gasteiger partial charge < -0.3 is 4.43 Å². The van der Waals surface area contributed by atoms with Crippen LogP contribution in [0.3, 0.4) is 0 Å². The Hall–Kier alpha value is -0.126. The highest BCUT2D eigenvalue weighted by Gasteiger charge is 2.36. The van der Waals surface area contributed by atoms with Crippen molar-refractivity contribution in [1.82, 2.24) is 0 Å². The van der Waals surface area contributed by atoms with Crippen molar-refractivity contribution in [1.29, 1.82) is 0 Å². The van der Waals surface area contributed by atoms with E-state index in [1.54, 1.807) is 0 Å². The molecule has 2 rings (SSSR count). The van der Waals surface area contributed by atoms with Gasteiger partial charge in [0.05, 0.1) is 8.07 Å². The van der Waals surface area contributed by atoms with Crippen molar-refractivity contribution in [3.63, 3.8) is 0 Å². The van der Waals surface area contributed by atoms with E-state index in [2.05, 4.69) is 92.0 Å². The Morgan fingerprint density at radius 2 is 1.14 bits per heavy atom. The molecule has 0 aliphatic heterocycles. The molecular weight excluding hydrogens is 457 g/mol. The molecule has 35 heavy (non-hydrogen) atoms. The smallest absolute Gasteiger partial charge is 0.191 e. The second kappa shape index (κ2) is 15.3. The van der Waals surface area contributed by atoms with Gasteiger partial charge in [-0.3, -0.25) is 0 Å². The van der Waals surface area contributed by atoms with E-state index in [0.29, 0.717) is 10.1 Å². The Morgan fingerprint density at radius 3 is 1.54 bits per heavy atom. The molecule has 2 aliphatic rings. The van der Waals surface area contributed by atoms with Crippen molar-refractivity contribution in [3.8, 4) is 0 Å². The van der Waals surface area contributed by atoms with E-state index in [9.17, 15) is 0 Å². The van der Waals surface area contributed by atoms with E-state index in [4.69, 9.17) is 4.43 Å². The first-order valence-corrected chi connectivity index (χ1v) is 21.2. The van der Waals surface area contributed by atoms with Gasteiger partial charge in [-0.2, -0.15) is 0 Å². The summed E-state index contributed by atoms with van der Waals surface area (Å²) in [5.74, 6) is 1.80. The van der Waals surface area contributed by atoms with Crippen molar-refractivity contribution in [2.45, 2.75) is 161 Å². The lowest BCUT2D eigenvalue weighted by Gasteiger charge is -2.37. The number of unbranched alkanes of at least 4 members (excludes halogenated alkanes) is 4. The van der Waals surface area contributed by atoms with Crippen LogP contribution in [0.15, 0.2) is 24.3 Å². The van der Waals surface area contributed by atoms with Gasteiger partial charge in [0, 0.05) is 6.61 Å². The zero-order valence-electron chi connectivity index (χ0n) is 25.8. The molecule has 0 bridgehead atoms. The Morgan fingerprint density at radius 1 is 0.657 bits per heavy atom. The number of rotatable bonds is 13. The summed E-state index contributed by atoms with van der Waals surface area (Å²) < 4.78 is 6.19. The second-order valence-electron chi connectivity index (χ2n) is 14.7. The van der Waals surface area contributed by atoms with Crippen LogP contribution in [0.25, 0.3) is 0 Å². The first-order valence-electron chi connectivity index (χ1n) is 15.1. The lowest BCUT2D eigenvalue weighted by molar-refractivity contribution is 0.276. The lowest BCUT2D eigenvalue weighted by Crippen LogP contribution is -2.40. The molecule has 0 heterocycles. The van der Waals surface area contributed by atoms with E-state index < -0.39 is 16.4 Å². The van der Waals surface area contributed by atoms with Crippen LogP contribution in [0.2, 0.25) is 42.3 Å². The van der Waals surface area contributed by atoms with Gasteiger partial charge in [0.1, 0.15) is 0 Å². The Bertz CT molecular complexity index is 618. The molecule has 0 aromatic rings. The van der Waals surface area contributed by atoms with Crippen molar-refractivity contribution in [2.75, 3.05) is 6.61 Å². The molecule has 0 spiro atoms. The molecule has 0 aromatic carbocycles. The molecule has 1 nitrogen and oxygen atoms in total. The van der Waals surface area contributed by atoms with Crippen molar-refractivity contribution in [2.24, 2.45) is 11.8 Å². The van der Waals surface area contributed by atoms with Gasteiger partial charge in [-0.05, 0) is 80.0 Å². The largest absolute Gasteiger partial charge is 0.417 e. The van der Waals surface area contributed by atoms with Gasteiger partial charge in [0.25, 0.3) is 0 Å².